The highest BCUT2D eigenvalue weighted by Crippen LogP contribution is 2.36. The van der Waals surface area contributed by atoms with Gasteiger partial charge in [-0.25, -0.2) is 17.9 Å². The number of ether oxygens (including phenoxy) is 1. The summed E-state index contributed by atoms with van der Waals surface area (Å²) in [7, 11) is -4.10. The lowest BCUT2D eigenvalue weighted by Gasteiger charge is -2.17. The second-order valence-corrected chi connectivity index (χ2v) is 11.6. The molecular weight excluding hydrogens is 542 g/mol. The maximum atomic E-state index is 13.2. The Balaban J connectivity index is 1.48. The second kappa shape index (κ2) is 11.8. The molecule has 39 heavy (non-hydrogen) atoms. The Kier molecular flexibility index (Phi) is 8.46. The Morgan fingerprint density at radius 1 is 1.05 bits per heavy atom. The van der Waals surface area contributed by atoms with E-state index < -0.39 is 33.7 Å². The molecule has 1 atom stereocenters. The molecular formula is C27H27N3O7S2. The zero-order valence-electron chi connectivity index (χ0n) is 21.3. The fourth-order valence-corrected chi connectivity index (χ4v) is 6.28. The molecule has 0 spiro atoms. The van der Waals surface area contributed by atoms with Crippen LogP contribution >= 0.6 is 11.3 Å². The fourth-order valence-electron chi connectivity index (χ4n) is 4.19. The molecule has 1 aliphatic heterocycles. The van der Waals surface area contributed by atoms with Crippen LogP contribution in [0.4, 0.5) is 5.00 Å². The molecule has 1 fully saturated rings. The van der Waals surface area contributed by atoms with Crippen molar-refractivity contribution in [3.63, 3.8) is 0 Å². The summed E-state index contributed by atoms with van der Waals surface area (Å²) >= 11 is 1.27. The van der Waals surface area contributed by atoms with Crippen molar-refractivity contribution in [1.29, 1.82) is 0 Å². The van der Waals surface area contributed by atoms with Crippen LogP contribution in [0.1, 0.15) is 41.0 Å². The molecule has 2 aromatic carbocycles. The standard InChI is InChI=1S/C27H27N3O7S2/c1-3-37-27(34)22-15-23(18-8-5-4-6-9-18)38-25(22)28-24(32)20-12-13-30(16-20)26(33)19-10-7-11-21(14-19)39(35,36)29-17(2)31/h4-11,14-15,20H,3,12-13,16H2,1-2H3,(H,28,32)(H,29,31). The van der Waals surface area contributed by atoms with Crippen molar-refractivity contribution in [1.82, 2.24) is 9.62 Å². The normalized spacial score (nSPS) is 15.0. The van der Waals surface area contributed by atoms with E-state index in [9.17, 15) is 27.6 Å². The van der Waals surface area contributed by atoms with E-state index in [-0.39, 0.29) is 35.1 Å². The molecule has 4 rings (SSSR count). The van der Waals surface area contributed by atoms with Gasteiger partial charge in [0.2, 0.25) is 11.8 Å². The van der Waals surface area contributed by atoms with E-state index in [0.717, 1.165) is 17.4 Å². The van der Waals surface area contributed by atoms with E-state index in [2.05, 4.69) is 5.32 Å². The minimum Gasteiger partial charge on any atom is -0.462 e. The molecule has 1 aromatic heterocycles. The summed E-state index contributed by atoms with van der Waals surface area (Å²) in [5, 5.41) is 3.22. The number of esters is 1. The number of hydrogen-bond acceptors (Lipinski definition) is 8. The summed E-state index contributed by atoms with van der Waals surface area (Å²) in [5.41, 5.74) is 1.28. The van der Waals surface area contributed by atoms with Gasteiger partial charge in [-0.3, -0.25) is 14.4 Å². The molecule has 204 valence electrons. The number of nitrogens with zero attached hydrogens (tertiary/aromatic N) is 1. The smallest absolute Gasteiger partial charge is 0.341 e. The van der Waals surface area contributed by atoms with Crippen molar-refractivity contribution in [2.75, 3.05) is 25.0 Å². The molecule has 12 heteroatoms. The summed E-state index contributed by atoms with van der Waals surface area (Å²) in [6, 6.07) is 16.5. The van der Waals surface area contributed by atoms with Crippen molar-refractivity contribution in [2.24, 2.45) is 5.92 Å². The highest BCUT2D eigenvalue weighted by molar-refractivity contribution is 7.90. The zero-order chi connectivity index (χ0) is 28.2. The molecule has 1 saturated heterocycles. The van der Waals surface area contributed by atoms with Crippen LogP contribution in [-0.4, -0.2) is 56.7 Å². The molecule has 1 unspecified atom stereocenters. The number of sulfonamides is 1. The number of carbonyl (C=O) groups excluding carboxylic acids is 4. The Morgan fingerprint density at radius 3 is 2.49 bits per heavy atom. The molecule has 0 radical (unpaired) electrons. The van der Waals surface area contributed by atoms with Gasteiger partial charge in [-0.05, 0) is 43.2 Å². The van der Waals surface area contributed by atoms with Gasteiger partial charge in [-0.1, -0.05) is 36.4 Å². The first-order chi connectivity index (χ1) is 18.6. The van der Waals surface area contributed by atoms with Crippen LogP contribution in [-0.2, 0) is 24.3 Å². The van der Waals surface area contributed by atoms with E-state index >= 15 is 0 Å². The topological polar surface area (TPSA) is 139 Å². The van der Waals surface area contributed by atoms with Gasteiger partial charge in [0.15, 0.2) is 0 Å². The number of carbonyl (C=O) groups is 4. The minimum absolute atomic E-state index is 0.123. The number of nitrogens with one attached hydrogen (secondary N) is 2. The van der Waals surface area contributed by atoms with Gasteiger partial charge < -0.3 is 15.0 Å². The monoisotopic (exact) mass is 569 g/mol. The van der Waals surface area contributed by atoms with Crippen LogP contribution in [0.5, 0.6) is 0 Å². The van der Waals surface area contributed by atoms with Crippen LogP contribution in [0.15, 0.2) is 65.6 Å². The summed E-state index contributed by atoms with van der Waals surface area (Å²) in [4.78, 5) is 52.1. The van der Waals surface area contributed by atoms with Gasteiger partial charge >= 0.3 is 5.97 Å². The number of thiophene rings is 1. The molecule has 0 aliphatic carbocycles. The van der Waals surface area contributed by atoms with Gasteiger partial charge in [-0.2, -0.15) is 0 Å². The third-order valence-corrected chi connectivity index (χ3v) is 8.57. The predicted octanol–water partition coefficient (Wildman–Crippen LogP) is 3.52. The second-order valence-electron chi connectivity index (χ2n) is 8.86. The molecule has 3 aromatic rings. The molecule has 10 nitrogen and oxygen atoms in total. The van der Waals surface area contributed by atoms with Crippen LogP contribution in [0.2, 0.25) is 0 Å². The fraction of sp³-hybridized carbons (Fsp3) is 0.259. The van der Waals surface area contributed by atoms with E-state index in [1.54, 1.807) is 13.0 Å². The molecule has 0 bridgehead atoms. The van der Waals surface area contributed by atoms with E-state index in [1.165, 1.54) is 40.5 Å². The van der Waals surface area contributed by atoms with Gasteiger partial charge in [-0.15, -0.1) is 11.3 Å². The molecule has 2 heterocycles. The maximum absolute atomic E-state index is 13.2. The third kappa shape index (κ3) is 6.52. The zero-order valence-corrected chi connectivity index (χ0v) is 22.9. The van der Waals surface area contributed by atoms with Crippen molar-refractivity contribution < 1.29 is 32.3 Å². The van der Waals surface area contributed by atoms with E-state index in [1.807, 2.05) is 35.1 Å². The third-order valence-electron chi connectivity index (χ3n) is 6.04. The van der Waals surface area contributed by atoms with E-state index in [4.69, 9.17) is 4.74 Å². The van der Waals surface area contributed by atoms with Crippen LogP contribution in [0.3, 0.4) is 0 Å². The number of amides is 3. The highest BCUT2D eigenvalue weighted by Gasteiger charge is 2.33. The molecule has 3 amide bonds. The van der Waals surface area contributed by atoms with Gasteiger partial charge in [0.25, 0.3) is 15.9 Å². The first-order valence-corrected chi connectivity index (χ1v) is 14.5. The Morgan fingerprint density at radius 2 is 1.79 bits per heavy atom. The summed E-state index contributed by atoms with van der Waals surface area (Å²) in [5.74, 6) is -2.58. The van der Waals surface area contributed by atoms with Crippen molar-refractivity contribution >= 4 is 50.1 Å². The quantitative estimate of drug-likeness (QED) is 0.396. The molecule has 0 saturated carbocycles. The molecule has 1 aliphatic rings. The van der Waals surface area contributed by atoms with Crippen LogP contribution in [0.25, 0.3) is 10.4 Å². The average molecular weight is 570 g/mol. The van der Waals surface area contributed by atoms with Gasteiger partial charge in [0.1, 0.15) is 5.00 Å². The average Bonchev–Trinajstić information content (AvgIpc) is 3.56. The number of hydrogen-bond donors (Lipinski definition) is 2. The van der Waals surface area contributed by atoms with Crippen molar-refractivity contribution in [3.8, 4) is 10.4 Å². The lowest BCUT2D eigenvalue weighted by atomic mass is 10.1. The highest BCUT2D eigenvalue weighted by atomic mass is 32.2. The first-order valence-electron chi connectivity index (χ1n) is 12.2. The summed E-state index contributed by atoms with van der Waals surface area (Å²) in [6.45, 7) is 3.39. The van der Waals surface area contributed by atoms with Gasteiger partial charge in [0, 0.05) is 30.5 Å². The van der Waals surface area contributed by atoms with Crippen LogP contribution < -0.4 is 10.0 Å². The number of rotatable bonds is 8. The number of likely N-dealkylation sites (tertiary alicyclic amines) is 1. The minimum atomic E-state index is -4.10. The lowest BCUT2D eigenvalue weighted by Crippen LogP contribution is -2.32. The first kappa shape index (κ1) is 28.0. The Bertz CT molecular complexity index is 1520. The van der Waals surface area contributed by atoms with Gasteiger partial charge in [0.05, 0.1) is 23.0 Å². The number of anilines is 1. The van der Waals surface area contributed by atoms with Crippen molar-refractivity contribution in [2.45, 2.75) is 25.2 Å². The SMILES string of the molecule is CCOC(=O)c1cc(-c2ccccc2)sc1NC(=O)C1CCN(C(=O)c2cccc(S(=O)(=O)NC(C)=O)c2)C1. The van der Waals surface area contributed by atoms with Crippen molar-refractivity contribution in [3.05, 3.63) is 71.8 Å². The Labute approximate surface area is 230 Å². The summed E-state index contributed by atoms with van der Waals surface area (Å²) in [6.07, 6.45) is 0.396. The van der Waals surface area contributed by atoms with E-state index in [0.29, 0.717) is 18.0 Å². The molecule has 2 N–H and O–H groups in total. The Hall–Kier alpha value is -4.03. The largest absolute Gasteiger partial charge is 0.462 e. The number of benzene rings is 2. The predicted molar refractivity (Wildman–Crippen MR) is 146 cm³/mol. The lowest BCUT2D eigenvalue weighted by molar-refractivity contribution is -0.119. The van der Waals surface area contributed by atoms with Crippen LogP contribution in [0, 0.1) is 5.92 Å². The summed E-state index contributed by atoms with van der Waals surface area (Å²) < 4.78 is 31.7. The maximum Gasteiger partial charge on any atom is 0.341 e.